The van der Waals surface area contributed by atoms with Gasteiger partial charge in [0.25, 0.3) is 5.91 Å². The van der Waals surface area contributed by atoms with Crippen LogP contribution in [0, 0.1) is 0 Å². The highest BCUT2D eigenvalue weighted by molar-refractivity contribution is 5.93. The zero-order valence-electron chi connectivity index (χ0n) is 12.6. The second kappa shape index (κ2) is 6.54. The number of nitrogens with zero attached hydrogens (tertiary/aromatic N) is 3. The van der Waals surface area contributed by atoms with Gasteiger partial charge in [0.15, 0.2) is 5.69 Å². The van der Waals surface area contributed by atoms with Gasteiger partial charge in [-0.15, -0.1) is 5.06 Å². The molecule has 0 aromatic carbocycles. The summed E-state index contributed by atoms with van der Waals surface area (Å²) in [5, 5.41) is 2.37. The van der Waals surface area contributed by atoms with E-state index in [0.717, 1.165) is 6.92 Å². The van der Waals surface area contributed by atoms with Crippen LogP contribution in [0.15, 0.2) is 6.33 Å². The fourth-order valence-electron chi connectivity index (χ4n) is 2.01. The number of carbonyl (C=O) groups excluding carboxylic acids is 2. The lowest BCUT2D eigenvalue weighted by molar-refractivity contribution is -0.243. The van der Waals surface area contributed by atoms with Gasteiger partial charge in [-0.25, -0.2) is 9.78 Å². The first-order chi connectivity index (χ1) is 11.4. The molecule has 0 fully saturated rings. The van der Waals surface area contributed by atoms with Crippen molar-refractivity contribution in [3.63, 3.8) is 0 Å². The number of rotatable bonds is 3. The van der Waals surface area contributed by atoms with Crippen LogP contribution in [0.1, 0.15) is 23.1 Å². The van der Waals surface area contributed by atoms with Crippen molar-refractivity contribution in [1.82, 2.24) is 19.9 Å². The second-order valence-corrected chi connectivity index (χ2v) is 5.21. The zero-order chi connectivity index (χ0) is 19.0. The molecule has 140 valence electrons. The van der Waals surface area contributed by atoms with Gasteiger partial charge in [0.1, 0.15) is 6.04 Å². The van der Waals surface area contributed by atoms with Gasteiger partial charge < -0.3 is 14.7 Å². The third-order valence-electron chi connectivity index (χ3n) is 3.36. The maximum atomic E-state index is 12.5. The molecule has 1 N–H and O–H groups in total. The van der Waals surface area contributed by atoms with Gasteiger partial charge >= 0.3 is 18.3 Å². The molecule has 1 atom stereocenters. The van der Waals surface area contributed by atoms with Gasteiger partial charge in [-0.2, -0.15) is 26.3 Å². The molecule has 1 aliphatic rings. The van der Waals surface area contributed by atoms with Crippen LogP contribution in [-0.2, 0) is 22.7 Å². The Morgan fingerprint density at radius 1 is 1.24 bits per heavy atom. The monoisotopic (exact) mass is 374 g/mol. The molecular formula is C12H12F6N4O3. The first-order valence-corrected chi connectivity index (χ1v) is 6.85. The maximum Gasteiger partial charge on any atom is 0.492 e. The Morgan fingerprint density at radius 3 is 2.44 bits per heavy atom. The average molecular weight is 374 g/mol. The number of halogens is 6. The van der Waals surface area contributed by atoms with Crippen LogP contribution in [0.25, 0.3) is 0 Å². The number of hydrogen-bond donors (Lipinski definition) is 1. The molecule has 25 heavy (non-hydrogen) atoms. The predicted molar refractivity (Wildman–Crippen MR) is 67.8 cm³/mol. The Balaban J connectivity index is 2.10. The van der Waals surface area contributed by atoms with E-state index in [2.05, 4.69) is 9.82 Å². The number of carbonyl (C=O) groups is 2. The van der Waals surface area contributed by atoms with Crippen molar-refractivity contribution in [3.05, 3.63) is 17.7 Å². The second-order valence-electron chi connectivity index (χ2n) is 5.21. The van der Waals surface area contributed by atoms with Crippen LogP contribution < -0.4 is 5.32 Å². The van der Waals surface area contributed by atoms with Crippen molar-refractivity contribution >= 4 is 11.9 Å². The molecule has 7 nitrogen and oxygen atoms in total. The lowest BCUT2D eigenvalue weighted by Gasteiger charge is -2.27. The number of amides is 1. The van der Waals surface area contributed by atoms with Crippen LogP contribution in [0.4, 0.5) is 26.3 Å². The standard InChI is InChI=1S/C12H12F6N4O3/c1-6(11(13,14)15)20-9(23)8-7-4-22(3-2-21(7)5-19-8)25-10(24)12(16,17)18/h5-6H,2-4H2,1H3,(H,20,23)/t6-/m1/s1. The van der Waals surface area contributed by atoms with E-state index in [0.29, 0.717) is 5.06 Å². The van der Waals surface area contributed by atoms with E-state index in [1.807, 2.05) is 0 Å². The van der Waals surface area contributed by atoms with E-state index in [1.54, 1.807) is 5.32 Å². The summed E-state index contributed by atoms with van der Waals surface area (Å²) < 4.78 is 75.5. The van der Waals surface area contributed by atoms with Crippen LogP contribution in [-0.4, -0.2) is 51.4 Å². The molecule has 1 amide bonds. The van der Waals surface area contributed by atoms with Crippen molar-refractivity contribution in [2.24, 2.45) is 0 Å². The third kappa shape index (κ3) is 4.41. The molecule has 1 aromatic rings. The first kappa shape index (κ1) is 19.0. The maximum absolute atomic E-state index is 12.5. The minimum atomic E-state index is -5.19. The Hall–Kier alpha value is -2.31. The average Bonchev–Trinajstić information content (AvgIpc) is 2.88. The van der Waals surface area contributed by atoms with E-state index in [1.165, 1.54) is 10.9 Å². The largest absolute Gasteiger partial charge is 0.492 e. The summed E-state index contributed by atoms with van der Waals surface area (Å²) in [5.41, 5.74) is -0.350. The molecule has 0 saturated heterocycles. The topological polar surface area (TPSA) is 76.5 Å². The molecule has 0 bridgehead atoms. The minimum absolute atomic E-state index is 0.0353. The number of imidazole rings is 1. The van der Waals surface area contributed by atoms with Gasteiger partial charge in [-0.3, -0.25) is 4.79 Å². The fraction of sp³-hybridized carbons (Fsp3) is 0.583. The smallest absolute Gasteiger partial charge is 0.360 e. The normalized spacial score (nSPS) is 16.9. The summed E-state index contributed by atoms with van der Waals surface area (Å²) in [4.78, 5) is 30.6. The zero-order valence-corrected chi connectivity index (χ0v) is 12.6. The van der Waals surface area contributed by atoms with Gasteiger partial charge in [-0.05, 0) is 6.92 Å². The van der Waals surface area contributed by atoms with E-state index in [9.17, 15) is 35.9 Å². The molecule has 2 rings (SSSR count). The van der Waals surface area contributed by atoms with E-state index in [4.69, 9.17) is 0 Å². The number of nitrogens with one attached hydrogen (secondary N) is 1. The molecule has 2 heterocycles. The van der Waals surface area contributed by atoms with E-state index < -0.39 is 36.8 Å². The van der Waals surface area contributed by atoms with Crippen LogP contribution in [0.3, 0.4) is 0 Å². The third-order valence-corrected chi connectivity index (χ3v) is 3.36. The van der Waals surface area contributed by atoms with E-state index >= 15 is 0 Å². The van der Waals surface area contributed by atoms with Gasteiger partial charge in [-0.1, -0.05) is 0 Å². The molecule has 0 radical (unpaired) electrons. The quantitative estimate of drug-likeness (QED) is 0.810. The highest BCUT2D eigenvalue weighted by Gasteiger charge is 2.43. The van der Waals surface area contributed by atoms with Crippen molar-refractivity contribution in [2.75, 3.05) is 6.54 Å². The lowest BCUT2D eigenvalue weighted by Crippen LogP contribution is -2.44. The summed E-state index contributed by atoms with van der Waals surface area (Å²) in [6.45, 7) is 0.240. The summed E-state index contributed by atoms with van der Waals surface area (Å²) >= 11 is 0. The first-order valence-electron chi connectivity index (χ1n) is 6.85. The number of hydrogen-bond acceptors (Lipinski definition) is 5. The highest BCUT2D eigenvalue weighted by atomic mass is 19.4. The SMILES string of the molecule is C[C@@H](NC(=O)c1ncn2c1CN(OC(=O)C(F)(F)F)CC2)C(F)(F)F. The molecule has 0 saturated carbocycles. The number of alkyl halides is 6. The molecule has 0 aliphatic carbocycles. The Bertz CT molecular complexity index is 669. The summed E-state index contributed by atoms with van der Waals surface area (Å²) in [6.07, 6.45) is -8.69. The number of fused-ring (bicyclic) bond motifs is 1. The van der Waals surface area contributed by atoms with Crippen molar-refractivity contribution in [2.45, 2.75) is 38.4 Å². The Morgan fingerprint density at radius 2 is 1.88 bits per heavy atom. The van der Waals surface area contributed by atoms with Crippen LogP contribution in [0.5, 0.6) is 0 Å². The summed E-state index contributed by atoms with van der Waals surface area (Å²) in [7, 11) is 0. The predicted octanol–water partition coefficient (Wildman–Crippen LogP) is 1.40. The molecule has 13 heteroatoms. The summed E-state index contributed by atoms with van der Waals surface area (Å²) in [5.74, 6) is -3.57. The Labute approximate surface area is 136 Å². The highest BCUT2D eigenvalue weighted by Crippen LogP contribution is 2.23. The molecular weight excluding hydrogens is 362 g/mol. The summed E-state index contributed by atoms with van der Waals surface area (Å²) in [6, 6.07) is -2.14. The van der Waals surface area contributed by atoms with Crippen molar-refractivity contribution in [3.8, 4) is 0 Å². The van der Waals surface area contributed by atoms with Gasteiger partial charge in [0.05, 0.1) is 25.1 Å². The van der Waals surface area contributed by atoms with E-state index in [-0.39, 0.29) is 24.5 Å². The minimum Gasteiger partial charge on any atom is -0.360 e. The van der Waals surface area contributed by atoms with Crippen molar-refractivity contribution < 1.29 is 40.8 Å². The van der Waals surface area contributed by atoms with Gasteiger partial charge in [0, 0.05) is 6.54 Å². The molecule has 0 unspecified atom stereocenters. The molecule has 1 aromatic heterocycles. The van der Waals surface area contributed by atoms with Crippen LogP contribution >= 0.6 is 0 Å². The molecule has 1 aliphatic heterocycles. The van der Waals surface area contributed by atoms with Gasteiger partial charge in [0.2, 0.25) is 0 Å². The van der Waals surface area contributed by atoms with Crippen molar-refractivity contribution in [1.29, 1.82) is 0 Å². The fourth-order valence-corrected chi connectivity index (χ4v) is 2.01. The number of hydroxylamine groups is 2. The lowest BCUT2D eigenvalue weighted by atomic mass is 10.2. The molecule has 0 spiro atoms. The Kier molecular flexibility index (Phi) is 4.97. The van der Waals surface area contributed by atoms with Crippen LogP contribution in [0.2, 0.25) is 0 Å². The number of aromatic nitrogens is 2.